The summed E-state index contributed by atoms with van der Waals surface area (Å²) in [5, 5.41) is 4.18. The summed E-state index contributed by atoms with van der Waals surface area (Å²) in [6.07, 6.45) is 7.72. The summed E-state index contributed by atoms with van der Waals surface area (Å²) < 4.78 is 2.98. The zero-order valence-corrected chi connectivity index (χ0v) is 9.04. The molecule has 0 amide bonds. The fourth-order valence-electron chi connectivity index (χ4n) is 1.61. The normalized spacial score (nSPS) is 11.1. The second-order valence-electron chi connectivity index (χ2n) is 3.66. The van der Waals surface area contributed by atoms with Crippen LogP contribution in [0.15, 0.2) is 23.4 Å². The second kappa shape index (κ2) is 4.89. The van der Waals surface area contributed by atoms with Crippen molar-refractivity contribution >= 4 is 5.65 Å². The number of unbranched alkanes of at least 4 members (excludes halogenated alkanes) is 2. The van der Waals surface area contributed by atoms with Gasteiger partial charge in [0.05, 0.1) is 6.20 Å². The van der Waals surface area contributed by atoms with E-state index in [4.69, 9.17) is 5.73 Å². The topological polar surface area (TPSA) is 78.2 Å². The maximum absolute atomic E-state index is 11.8. The Morgan fingerprint density at radius 3 is 2.94 bits per heavy atom. The van der Waals surface area contributed by atoms with Gasteiger partial charge in [-0.3, -0.25) is 4.98 Å². The fraction of sp³-hybridized carbons (Fsp3) is 0.500. The summed E-state index contributed by atoms with van der Waals surface area (Å²) in [6.45, 7) is 1.34. The number of hydrogen-bond acceptors (Lipinski definition) is 4. The largest absolute Gasteiger partial charge is 0.350 e. The third kappa shape index (κ3) is 2.11. The first-order valence-electron chi connectivity index (χ1n) is 5.42. The predicted molar refractivity (Wildman–Crippen MR) is 60.2 cm³/mol. The number of nitrogens with zero attached hydrogens (tertiary/aromatic N) is 4. The smallest absolute Gasteiger partial charge is 0.330 e. The van der Waals surface area contributed by atoms with Crippen molar-refractivity contribution < 1.29 is 0 Å². The summed E-state index contributed by atoms with van der Waals surface area (Å²) in [5.74, 6) is 0. The van der Waals surface area contributed by atoms with Crippen LogP contribution in [0.3, 0.4) is 0 Å². The molecule has 0 saturated heterocycles. The molecule has 2 rings (SSSR count). The van der Waals surface area contributed by atoms with Crippen LogP contribution in [0.1, 0.15) is 19.3 Å². The van der Waals surface area contributed by atoms with E-state index in [9.17, 15) is 4.79 Å². The zero-order valence-electron chi connectivity index (χ0n) is 9.04. The first-order valence-corrected chi connectivity index (χ1v) is 5.42. The summed E-state index contributed by atoms with van der Waals surface area (Å²) in [4.78, 5) is 15.7. The van der Waals surface area contributed by atoms with Gasteiger partial charge in [-0.1, -0.05) is 6.42 Å². The van der Waals surface area contributed by atoms with Gasteiger partial charge in [0.15, 0.2) is 5.65 Å². The van der Waals surface area contributed by atoms with Gasteiger partial charge in [0.25, 0.3) is 0 Å². The molecule has 0 spiro atoms. The number of hydrogen-bond donors (Lipinski definition) is 1. The minimum Gasteiger partial charge on any atom is -0.330 e. The highest BCUT2D eigenvalue weighted by atomic mass is 16.2. The van der Waals surface area contributed by atoms with Crippen molar-refractivity contribution in [2.75, 3.05) is 6.54 Å². The highest BCUT2D eigenvalue weighted by molar-refractivity contribution is 5.31. The molecule has 0 unspecified atom stereocenters. The molecule has 6 heteroatoms. The van der Waals surface area contributed by atoms with Crippen LogP contribution in [0, 0.1) is 0 Å². The van der Waals surface area contributed by atoms with Crippen LogP contribution in [0.4, 0.5) is 0 Å². The molecule has 0 saturated carbocycles. The van der Waals surface area contributed by atoms with Crippen LogP contribution >= 0.6 is 0 Å². The first kappa shape index (κ1) is 10.8. The molecule has 0 fully saturated rings. The Balaban J connectivity index is 2.13. The van der Waals surface area contributed by atoms with Crippen molar-refractivity contribution in [2.24, 2.45) is 5.73 Å². The van der Waals surface area contributed by atoms with E-state index in [1.54, 1.807) is 18.6 Å². The Bertz CT molecular complexity index is 515. The van der Waals surface area contributed by atoms with Crippen molar-refractivity contribution in [3.05, 3.63) is 29.1 Å². The van der Waals surface area contributed by atoms with Crippen molar-refractivity contribution in [3.8, 4) is 0 Å². The van der Waals surface area contributed by atoms with Crippen molar-refractivity contribution in [3.63, 3.8) is 0 Å². The van der Waals surface area contributed by atoms with Crippen molar-refractivity contribution in [1.82, 2.24) is 19.2 Å². The standard InChI is InChI=1S/C10H15N5O/c11-4-2-1-3-6-15-10(16)14-7-5-12-8-9(14)13-15/h5,7-8H,1-4,6,11H2. The summed E-state index contributed by atoms with van der Waals surface area (Å²) in [6, 6.07) is 0. The average Bonchev–Trinajstić information content (AvgIpc) is 2.63. The van der Waals surface area contributed by atoms with E-state index in [-0.39, 0.29) is 5.69 Å². The van der Waals surface area contributed by atoms with Gasteiger partial charge >= 0.3 is 5.69 Å². The molecule has 0 aromatic carbocycles. The zero-order chi connectivity index (χ0) is 11.4. The van der Waals surface area contributed by atoms with Gasteiger partial charge < -0.3 is 5.73 Å². The lowest BCUT2D eigenvalue weighted by atomic mass is 10.2. The maximum atomic E-state index is 11.8. The molecule has 0 atom stereocenters. The van der Waals surface area contributed by atoms with Crippen LogP contribution < -0.4 is 11.4 Å². The number of aryl methyl sites for hydroxylation is 1. The van der Waals surface area contributed by atoms with E-state index in [1.807, 2.05) is 0 Å². The lowest BCUT2D eigenvalue weighted by molar-refractivity contribution is 0.533. The van der Waals surface area contributed by atoms with Gasteiger partial charge in [-0.25, -0.2) is 13.9 Å². The molecule has 2 aromatic rings. The van der Waals surface area contributed by atoms with E-state index < -0.39 is 0 Å². The third-order valence-corrected chi connectivity index (χ3v) is 2.46. The minimum atomic E-state index is -0.106. The molecule has 0 aliphatic heterocycles. The van der Waals surface area contributed by atoms with Crippen LogP contribution in [-0.4, -0.2) is 25.7 Å². The molecule has 2 aromatic heterocycles. The molecule has 86 valence electrons. The Morgan fingerprint density at radius 2 is 2.19 bits per heavy atom. The van der Waals surface area contributed by atoms with E-state index in [2.05, 4.69) is 10.1 Å². The average molecular weight is 221 g/mol. The van der Waals surface area contributed by atoms with E-state index in [0.29, 0.717) is 18.7 Å². The number of rotatable bonds is 5. The number of nitrogens with two attached hydrogens (primary N) is 1. The molecule has 0 radical (unpaired) electrons. The summed E-state index contributed by atoms with van der Waals surface area (Å²) in [5.41, 5.74) is 5.89. The van der Waals surface area contributed by atoms with Gasteiger partial charge in [0, 0.05) is 18.9 Å². The Hall–Kier alpha value is -1.69. The Kier molecular flexibility index (Phi) is 3.31. The fourth-order valence-corrected chi connectivity index (χ4v) is 1.61. The van der Waals surface area contributed by atoms with Crippen LogP contribution in [0.25, 0.3) is 5.65 Å². The highest BCUT2D eigenvalue weighted by Gasteiger charge is 2.04. The van der Waals surface area contributed by atoms with Gasteiger partial charge in [-0.05, 0) is 19.4 Å². The Morgan fingerprint density at radius 1 is 1.31 bits per heavy atom. The van der Waals surface area contributed by atoms with Crippen molar-refractivity contribution in [1.29, 1.82) is 0 Å². The molecule has 16 heavy (non-hydrogen) atoms. The SMILES string of the molecule is NCCCCCn1nc2cnccn2c1=O. The monoisotopic (exact) mass is 221 g/mol. The minimum absolute atomic E-state index is 0.106. The van der Waals surface area contributed by atoms with Crippen molar-refractivity contribution in [2.45, 2.75) is 25.8 Å². The lowest BCUT2D eigenvalue weighted by Crippen LogP contribution is -2.21. The molecule has 2 heterocycles. The second-order valence-corrected chi connectivity index (χ2v) is 3.66. The molecule has 0 aliphatic rings. The van der Waals surface area contributed by atoms with Crippen LogP contribution in [0.2, 0.25) is 0 Å². The summed E-state index contributed by atoms with van der Waals surface area (Å²) in [7, 11) is 0. The van der Waals surface area contributed by atoms with E-state index >= 15 is 0 Å². The molecule has 0 aliphatic carbocycles. The Labute approximate surface area is 92.7 Å². The highest BCUT2D eigenvalue weighted by Crippen LogP contribution is 1.97. The lowest BCUT2D eigenvalue weighted by Gasteiger charge is -1.98. The first-order chi connectivity index (χ1) is 7.83. The molecular formula is C10H15N5O. The molecular weight excluding hydrogens is 206 g/mol. The number of fused-ring (bicyclic) bond motifs is 1. The summed E-state index contributed by atoms with van der Waals surface area (Å²) >= 11 is 0. The van der Waals surface area contributed by atoms with Gasteiger partial charge in [-0.15, -0.1) is 5.10 Å². The predicted octanol–water partition coefficient (Wildman–Crippen LogP) is 0.0200. The van der Waals surface area contributed by atoms with Crippen LogP contribution in [0.5, 0.6) is 0 Å². The van der Waals surface area contributed by atoms with E-state index in [0.717, 1.165) is 19.3 Å². The van der Waals surface area contributed by atoms with Gasteiger partial charge in [0.1, 0.15) is 0 Å². The maximum Gasteiger partial charge on any atom is 0.350 e. The third-order valence-electron chi connectivity index (χ3n) is 2.46. The van der Waals surface area contributed by atoms with Gasteiger partial charge in [0.2, 0.25) is 0 Å². The van der Waals surface area contributed by atoms with Crippen LogP contribution in [-0.2, 0) is 6.54 Å². The quantitative estimate of drug-likeness (QED) is 0.722. The molecule has 6 nitrogen and oxygen atoms in total. The molecule has 2 N–H and O–H groups in total. The van der Waals surface area contributed by atoms with E-state index in [1.165, 1.54) is 9.08 Å². The van der Waals surface area contributed by atoms with Gasteiger partial charge in [-0.2, -0.15) is 0 Å². The molecule has 0 bridgehead atoms. The number of aromatic nitrogens is 4.